The van der Waals surface area contributed by atoms with Crippen molar-refractivity contribution in [3.63, 3.8) is 0 Å². The number of aromatic hydroxyl groups is 1. The summed E-state index contributed by atoms with van der Waals surface area (Å²) in [5, 5.41) is 21.9. The molecule has 22 heteroatoms. The van der Waals surface area contributed by atoms with Crippen LogP contribution in [0.4, 0.5) is 17.7 Å². The first kappa shape index (κ1) is 47.9. The van der Waals surface area contributed by atoms with Gasteiger partial charge in [0.05, 0.1) is 88.3 Å². The fourth-order valence-electron chi connectivity index (χ4n) is 7.08. The zero-order chi connectivity index (χ0) is 46.6. The predicted octanol–water partition coefficient (Wildman–Crippen LogP) is 1.95. The number of aryl methyl sites for hydroxylation is 1. The van der Waals surface area contributed by atoms with Crippen molar-refractivity contribution in [2.45, 2.75) is 25.8 Å². The zero-order valence-electron chi connectivity index (χ0n) is 37.3. The molecule has 1 fully saturated rings. The van der Waals surface area contributed by atoms with Crippen LogP contribution in [0.1, 0.15) is 35.2 Å². The molecule has 2 amide bonds. The number of ether oxygens (including phenoxy) is 5. The van der Waals surface area contributed by atoms with Crippen molar-refractivity contribution in [3.05, 3.63) is 66.5 Å². The van der Waals surface area contributed by atoms with Gasteiger partial charge in [0.15, 0.2) is 5.65 Å². The zero-order valence-corrected chi connectivity index (χ0v) is 37.3. The topological polar surface area (TPSA) is 268 Å². The minimum absolute atomic E-state index is 0.0813. The van der Waals surface area contributed by atoms with Gasteiger partial charge < -0.3 is 59.9 Å². The normalized spacial score (nSPS) is 12.8. The standard InChI is InChI=1S/C45H56N14O8/c1-2-32-27-49-44(50-28-32)57-11-13-58(14-12-57)45-51-29-34(30-52-45)43(62)48-9-16-64-18-20-66-22-24-67-23-21-65-19-17-63-15-7-38(61)47-8-3-4-10-59-42-39(41(46)53-31-54-42)40(56-59)37-26-33-25-35(60)5-6-36(33)55-37/h1,5-6,25-31,55,60H,3-4,7-24H2,(H,47,61)(H,48,62)(H2,46,53,54). The van der Waals surface area contributed by atoms with Crippen LogP contribution in [-0.4, -0.2) is 167 Å². The van der Waals surface area contributed by atoms with E-state index in [0.29, 0.717) is 157 Å². The number of aromatic nitrogens is 9. The second-order valence-corrected chi connectivity index (χ2v) is 15.3. The molecule has 354 valence electrons. The SMILES string of the molecule is C#Cc1cnc(N2CCN(c3ncc(C(=O)NCCOCCOCCOCCOCCOCCC(=O)NCCCCn4nc(-c5cc6cc(O)ccc6[nH]5)c5c(N)ncnc54)cn3)CC2)nc1. The van der Waals surface area contributed by atoms with Gasteiger partial charge in [-0.3, -0.25) is 9.59 Å². The fourth-order valence-corrected chi connectivity index (χ4v) is 7.08. The molecule has 1 aliphatic rings. The van der Waals surface area contributed by atoms with Crippen molar-refractivity contribution in [1.29, 1.82) is 0 Å². The van der Waals surface area contributed by atoms with Gasteiger partial charge in [-0.25, -0.2) is 34.6 Å². The number of nitrogens with two attached hydrogens (primary N) is 1. The Bertz CT molecular complexity index is 2540. The van der Waals surface area contributed by atoms with Gasteiger partial charge in [0, 0.05) is 87.9 Å². The summed E-state index contributed by atoms with van der Waals surface area (Å²) in [5.41, 5.74) is 10.1. The Labute approximate surface area is 386 Å². The number of nitrogens with zero attached hydrogens (tertiary/aromatic N) is 10. The first-order valence-corrected chi connectivity index (χ1v) is 22.2. The fraction of sp³-hybridized carbons (Fsp3) is 0.444. The number of piperazine rings is 1. The molecule has 0 unspecified atom stereocenters. The number of carbonyl (C=O) groups is 2. The molecule has 1 saturated heterocycles. The maximum atomic E-state index is 12.5. The van der Waals surface area contributed by atoms with Gasteiger partial charge in [0.25, 0.3) is 5.91 Å². The number of hydrogen-bond acceptors (Lipinski definition) is 18. The largest absolute Gasteiger partial charge is 0.508 e. The van der Waals surface area contributed by atoms with Crippen LogP contribution in [0, 0.1) is 12.3 Å². The molecule has 6 N–H and O–H groups in total. The number of amides is 2. The number of fused-ring (bicyclic) bond motifs is 2. The van der Waals surface area contributed by atoms with Crippen LogP contribution in [0.15, 0.2) is 55.4 Å². The summed E-state index contributed by atoms with van der Waals surface area (Å²) in [6.45, 7) is 8.09. The number of aromatic amines is 1. The summed E-state index contributed by atoms with van der Waals surface area (Å²) in [4.78, 5) is 58.4. The Morgan fingerprint density at radius 2 is 1.36 bits per heavy atom. The number of anilines is 3. The molecule has 6 heterocycles. The number of carbonyl (C=O) groups excluding carboxylic acids is 2. The smallest absolute Gasteiger partial charge is 0.254 e. The van der Waals surface area contributed by atoms with Crippen LogP contribution in [-0.2, 0) is 35.0 Å². The van der Waals surface area contributed by atoms with Crippen LogP contribution in [0.25, 0.3) is 33.3 Å². The lowest BCUT2D eigenvalue weighted by Gasteiger charge is -2.34. The number of unbranched alkanes of at least 4 members (excludes halogenated alkanes) is 1. The molecule has 22 nitrogen and oxygen atoms in total. The van der Waals surface area contributed by atoms with Crippen molar-refractivity contribution in [2.24, 2.45) is 0 Å². The number of hydrogen-bond donors (Lipinski definition) is 5. The summed E-state index contributed by atoms with van der Waals surface area (Å²) in [6.07, 6.45) is 14.9. The van der Waals surface area contributed by atoms with Gasteiger partial charge in [-0.2, -0.15) is 5.10 Å². The highest BCUT2D eigenvalue weighted by Crippen LogP contribution is 2.32. The van der Waals surface area contributed by atoms with E-state index in [9.17, 15) is 14.7 Å². The third kappa shape index (κ3) is 14.0. The number of phenols is 1. The van der Waals surface area contributed by atoms with Crippen LogP contribution in [0.5, 0.6) is 5.75 Å². The van der Waals surface area contributed by atoms with Gasteiger partial charge in [0.2, 0.25) is 17.8 Å². The minimum Gasteiger partial charge on any atom is -0.508 e. The van der Waals surface area contributed by atoms with E-state index in [2.05, 4.69) is 61.2 Å². The highest BCUT2D eigenvalue weighted by atomic mass is 16.6. The molecule has 0 aliphatic carbocycles. The van der Waals surface area contributed by atoms with Crippen LogP contribution in [0.2, 0.25) is 0 Å². The van der Waals surface area contributed by atoms with E-state index in [1.54, 1.807) is 35.3 Å². The predicted molar refractivity (Wildman–Crippen MR) is 248 cm³/mol. The molecule has 0 saturated carbocycles. The number of nitrogens with one attached hydrogen (secondary N) is 3. The molecule has 5 aromatic heterocycles. The molecular weight excluding hydrogens is 865 g/mol. The van der Waals surface area contributed by atoms with E-state index in [0.717, 1.165) is 29.4 Å². The average molecular weight is 921 g/mol. The molecule has 0 bridgehead atoms. The summed E-state index contributed by atoms with van der Waals surface area (Å²) in [5.74, 6) is 3.88. The van der Waals surface area contributed by atoms with Gasteiger partial charge in [-0.1, -0.05) is 5.92 Å². The highest BCUT2D eigenvalue weighted by molar-refractivity contribution is 6.00. The lowest BCUT2D eigenvalue weighted by atomic mass is 10.2. The minimum atomic E-state index is -0.273. The molecule has 6 aromatic rings. The molecule has 1 aliphatic heterocycles. The van der Waals surface area contributed by atoms with Crippen LogP contribution in [0.3, 0.4) is 0 Å². The van der Waals surface area contributed by atoms with Crippen molar-refractivity contribution >= 4 is 51.5 Å². The second kappa shape index (κ2) is 25.0. The summed E-state index contributed by atoms with van der Waals surface area (Å²) in [7, 11) is 0. The van der Waals surface area contributed by atoms with Crippen LogP contribution < -0.4 is 26.2 Å². The van der Waals surface area contributed by atoms with Crippen molar-refractivity contribution in [3.8, 4) is 29.5 Å². The van der Waals surface area contributed by atoms with E-state index in [-0.39, 0.29) is 24.0 Å². The van der Waals surface area contributed by atoms with Crippen LogP contribution >= 0.6 is 0 Å². The number of H-pyrrole nitrogens is 1. The van der Waals surface area contributed by atoms with E-state index in [4.69, 9.17) is 40.9 Å². The van der Waals surface area contributed by atoms with Crippen molar-refractivity contribution in [1.82, 2.24) is 55.3 Å². The van der Waals surface area contributed by atoms with E-state index < -0.39 is 0 Å². The molecule has 0 spiro atoms. The van der Waals surface area contributed by atoms with Gasteiger partial charge in [-0.05, 0) is 37.1 Å². The molecule has 0 atom stereocenters. The van der Waals surface area contributed by atoms with Gasteiger partial charge in [-0.15, -0.1) is 6.42 Å². The van der Waals surface area contributed by atoms with Crippen molar-refractivity contribution in [2.75, 3.05) is 121 Å². The van der Waals surface area contributed by atoms with Crippen molar-refractivity contribution < 1.29 is 38.4 Å². The summed E-state index contributed by atoms with van der Waals surface area (Å²) < 4.78 is 29.5. The maximum Gasteiger partial charge on any atom is 0.254 e. The Balaban J connectivity index is 0.628. The van der Waals surface area contributed by atoms with E-state index in [1.165, 1.54) is 18.7 Å². The summed E-state index contributed by atoms with van der Waals surface area (Å²) in [6, 6.07) is 7.02. The molecule has 1 aromatic carbocycles. The Kier molecular flexibility index (Phi) is 17.9. The Hall–Kier alpha value is -7.03. The summed E-state index contributed by atoms with van der Waals surface area (Å²) >= 11 is 0. The first-order chi connectivity index (χ1) is 32.9. The first-order valence-electron chi connectivity index (χ1n) is 22.2. The lowest BCUT2D eigenvalue weighted by Crippen LogP contribution is -2.47. The number of benzene rings is 1. The highest BCUT2D eigenvalue weighted by Gasteiger charge is 2.22. The monoisotopic (exact) mass is 920 g/mol. The second-order valence-electron chi connectivity index (χ2n) is 15.3. The van der Waals surface area contributed by atoms with E-state index >= 15 is 0 Å². The molecule has 0 radical (unpaired) electrons. The molecule has 7 rings (SSSR count). The number of rotatable bonds is 27. The Morgan fingerprint density at radius 3 is 2.00 bits per heavy atom. The molecular formula is C45H56N14O8. The third-order valence-corrected chi connectivity index (χ3v) is 10.6. The maximum absolute atomic E-state index is 12.5. The van der Waals surface area contributed by atoms with Gasteiger partial charge >= 0.3 is 0 Å². The van der Waals surface area contributed by atoms with Gasteiger partial charge in [0.1, 0.15) is 23.6 Å². The third-order valence-electron chi connectivity index (χ3n) is 10.6. The molecule has 67 heavy (non-hydrogen) atoms. The average Bonchev–Trinajstić information content (AvgIpc) is 3.95. The lowest BCUT2D eigenvalue weighted by molar-refractivity contribution is -0.122. The number of terminal acetylenes is 1. The quantitative estimate of drug-likeness (QED) is 0.0365. The van der Waals surface area contributed by atoms with E-state index in [1.807, 2.05) is 6.07 Å². The Morgan fingerprint density at radius 1 is 0.746 bits per heavy atom. The number of nitrogen functional groups attached to an aromatic ring is 1. The number of phenolic OH excluding ortho intramolecular Hbond substituents is 1.